The third kappa shape index (κ3) is 5.41. The first-order valence-electron chi connectivity index (χ1n) is 7.00. The molecule has 0 unspecified atom stereocenters. The van der Waals surface area contributed by atoms with E-state index in [1.54, 1.807) is 24.3 Å². The fourth-order valence-corrected chi connectivity index (χ4v) is 2.85. The van der Waals surface area contributed by atoms with E-state index < -0.39 is 0 Å². The predicted molar refractivity (Wildman–Crippen MR) is 96.4 cm³/mol. The van der Waals surface area contributed by atoms with E-state index in [0.717, 1.165) is 9.37 Å². The first kappa shape index (κ1) is 17.6. The van der Waals surface area contributed by atoms with Crippen LogP contribution >= 0.6 is 27.7 Å². The number of benzene rings is 2. The van der Waals surface area contributed by atoms with Crippen molar-refractivity contribution >= 4 is 39.5 Å². The molecule has 0 spiro atoms. The zero-order chi connectivity index (χ0) is 16.8. The van der Waals surface area contributed by atoms with E-state index in [1.807, 2.05) is 32.0 Å². The van der Waals surface area contributed by atoms with Gasteiger partial charge in [0.05, 0.1) is 5.75 Å². The Morgan fingerprint density at radius 2 is 1.70 bits per heavy atom. The summed E-state index contributed by atoms with van der Waals surface area (Å²) >= 11 is 4.74. The maximum absolute atomic E-state index is 11.9. The Morgan fingerprint density at radius 3 is 2.35 bits per heavy atom. The molecule has 2 aromatic rings. The summed E-state index contributed by atoms with van der Waals surface area (Å²) in [5.74, 6) is -0.357. The zero-order valence-electron chi connectivity index (χ0n) is 12.9. The van der Waals surface area contributed by atoms with Gasteiger partial charge in [-0.15, -0.1) is 11.8 Å². The van der Waals surface area contributed by atoms with Crippen LogP contribution in [-0.4, -0.2) is 17.6 Å². The number of thioether (sulfide) groups is 1. The Balaban J connectivity index is 1.79. The van der Waals surface area contributed by atoms with Crippen molar-refractivity contribution < 1.29 is 9.59 Å². The number of rotatable bonds is 4. The van der Waals surface area contributed by atoms with Gasteiger partial charge in [-0.1, -0.05) is 22.0 Å². The van der Waals surface area contributed by atoms with E-state index in [4.69, 9.17) is 0 Å². The van der Waals surface area contributed by atoms with Crippen molar-refractivity contribution in [3.63, 3.8) is 0 Å². The summed E-state index contributed by atoms with van der Waals surface area (Å²) in [4.78, 5) is 24.7. The second-order valence-electron chi connectivity index (χ2n) is 5.04. The van der Waals surface area contributed by atoms with E-state index >= 15 is 0 Å². The van der Waals surface area contributed by atoms with Crippen LogP contribution in [0.4, 0.5) is 0 Å². The summed E-state index contributed by atoms with van der Waals surface area (Å²) in [5.41, 5.74) is 7.73. The first-order chi connectivity index (χ1) is 11.0. The fraction of sp³-hybridized carbons (Fsp3) is 0.176. The van der Waals surface area contributed by atoms with Crippen molar-refractivity contribution in [2.75, 3.05) is 5.75 Å². The Hall–Kier alpha value is -1.79. The third-order valence-electron chi connectivity index (χ3n) is 3.27. The quantitative estimate of drug-likeness (QED) is 0.616. The lowest BCUT2D eigenvalue weighted by Crippen LogP contribution is -2.42. The van der Waals surface area contributed by atoms with E-state index in [-0.39, 0.29) is 17.6 Å². The minimum Gasteiger partial charge on any atom is -0.272 e. The summed E-state index contributed by atoms with van der Waals surface area (Å²) in [6.07, 6.45) is 0. The van der Waals surface area contributed by atoms with Gasteiger partial charge < -0.3 is 0 Å². The van der Waals surface area contributed by atoms with Gasteiger partial charge in [-0.2, -0.15) is 0 Å². The second kappa shape index (κ2) is 8.17. The second-order valence-corrected chi connectivity index (χ2v) is 7.01. The molecule has 0 fully saturated rings. The molecule has 0 aliphatic carbocycles. The lowest BCUT2D eigenvalue weighted by atomic mass is 10.1. The fourth-order valence-electron chi connectivity index (χ4n) is 1.79. The van der Waals surface area contributed by atoms with Gasteiger partial charge in [-0.25, -0.2) is 0 Å². The molecule has 120 valence electrons. The van der Waals surface area contributed by atoms with Crippen molar-refractivity contribution in [1.82, 2.24) is 10.9 Å². The molecule has 0 aliphatic heterocycles. The summed E-state index contributed by atoms with van der Waals surface area (Å²) in [6.45, 7) is 4.09. The highest BCUT2D eigenvalue weighted by molar-refractivity contribution is 9.10. The van der Waals surface area contributed by atoms with Gasteiger partial charge in [0.1, 0.15) is 0 Å². The molecule has 2 rings (SSSR count). The monoisotopic (exact) mass is 392 g/mol. The van der Waals surface area contributed by atoms with Gasteiger partial charge >= 0.3 is 0 Å². The van der Waals surface area contributed by atoms with Crippen LogP contribution in [0, 0.1) is 13.8 Å². The van der Waals surface area contributed by atoms with E-state index in [1.165, 1.54) is 22.9 Å². The van der Waals surface area contributed by atoms with Gasteiger partial charge in [0.15, 0.2) is 0 Å². The van der Waals surface area contributed by atoms with Crippen molar-refractivity contribution in [2.24, 2.45) is 0 Å². The molecule has 0 heterocycles. The zero-order valence-corrected chi connectivity index (χ0v) is 15.3. The van der Waals surface area contributed by atoms with E-state index in [2.05, 4.69) is 26.8 Å². The number of carbonyl (C=O) groups is 2. The molecule has 0 aromatic heterocycles. The number of carbonyl (C=O) groups excluding carboxylic acids is 2. The molecule has 2 amide bonds. The normalized spacial score (nSPS) is 10.2. The van der Waals surface area contributed by atoms with Gasteiger partial charge in [-0.05, 0) is 61.4 Å². The average molecular weight is 393 g/mol. The molecule has 2 aromatic carbocycles. The number of hydrogen-bond donors (Lipinski definition) is 2. The Bertz CT molecular complexity index is 717. The SMILES string of the molecule is Cc1ccc(SCC(=O)NNC(=O)c2ccc(Br)cc2)cc1C. The third-order valence-corrected chi connectivity index (χ3v) is 4.79. The van der Waals surface area contributed by atoms with Crippen LogP contribution in [0.5, 0.6) is 0 Å². The average Bonchev–Trinajstić information content (AvgIpc) is 2.54. The summed E-state index contributed by atoms with van der Waals surface area (Å²) < 4.78 is 0.892. The number of hydrogen-bond acceptors (Lipinski definition) is 3. The molecule has 0 saturated heterocycles. The van der Waals surface area contributed by atoms with Gasteiger partial charge in [0.25, 0.3) is 5.91 Å². The van der Waals surface area contributed by atoms with Crippen molar-refractivity contribution in [2.45, 2.75) is 18.7 Å². The molecular formula is C17H17BrN2O2S. The van der Waals surface area contributed by atoms with Crippen LogP contribution in [0.25, 0.3) is 0 Å². The van der Waals surface area contributed by atoms with Gasteiger partial charge in [0, 0.05) is 14.9 Å². The first-order valence-corrected chi connectivity index (χ1v) is 8.78. The highest BCUT2D eigenvalue weighted by atomic mass is 79.9. The molecule has 0 bridgehead atoms. The highest BCUT2D eigenvalue weighted by Gasteiger charge is 2.08. The smallest absolute Gasteiger partial charge is 0.269 e. The van der Waals surface area contributed by atoms with Crippen molar-refractivity contribution in [1.29, 1.82) is 0 Å². The number of nitrogens with one attached hydrogen (secondary N) is 2. The van der Waals surface area contributed by atoms with Crippen LogP contribution in [0.1, 0.15) is 21.5 Å². The van der Waals surface area contributed by atoms with Crippen LogP contribution in [0.15, 0.2) is 51.8 Å². The van der Waals surface area contributed by atoms with Crippen LogP contribution in [0.3, 0.4) is 0 Å². The maximum Gasteiger partial charge on any atom is 0.269 e. The standard InChI is InChI=1S/C17H17BrN2O2S/c1-11-3-8-15(9-12(11)2)23-10-16(21)19-20-17(22)13-4-6-14(18)7-5-13/h3-9H,10H2,1-2H3,(H,19,21)(H,20,22). The maximum atomic E-state index is 11.9. The molecular weight excluding hydrogens is 376 g/mol. The minimum absolute atomic E-state index is 0.239. The van der Waals surface area contributed by atoms with Gasteiger partial charge in [-0.3, -0.25) is 20.4 Å². The summed E-state index contributed by atoms with van der Waals surface area (Å²) in [6, 6.07) is 13.0. The Labute approximate surface area is 148 Å². The van der Waals surface area contributed by atoms with Crippen LogP contribution in [-0.2, 0) is 4.79 Å². The number of amides is 2. The lowest BCUT2D eigenvalue weighted by Gasteiger charge is -2.08. The topological polar surface area (TPSA) is 58.2 Å². The van der Waals surface area contributed by atoms with E-state index in [9.17, 15) is 9.59 Å². The molecule has 6 heteroatoms. The highest BCUT2D eigenvalue weighted by Crippen LogP contribution is 2.20. The summed E-state index contributed by atoms with van der Waals surface area (Å²) in [5, 5.41) is 0. The lowest BCUT2D eigenvalue weighted by molar-refractivity contribution is -0.119. The molecule has 23 heavy (non-hydrogen) atoms. The minimum atomic E-state index is -0.345. The van der Waals surface area contributed by atoms with Crippen LogP contribution < -0.4 is 10.9 Å². The molecule has 0 radical (unpaired) electrons. The number of halogens is 1. The molecule has 2 N–H and O–H groups in total. The molecule has 0 saturated carbocycles. The predicted octanol–water partition coefficient (Wildman–Crippen LogP) is 3.62. The molecule has 4 nitrogen and oxygen atoms in total. The van der Waals surface area contributed by atoms with Crippen LogP contribution in [0.2, 0.25) is 0 Å². The number of hydrazine groups is 1. The largest absolute Gasteiger partial charge is 0.272 e. The van der Waals surface area contributed by atoms with Crippen molar-refractivity contribution in [3.8, 4) is 0 Å². The number of aryl methyl sites for hydroxylation is 2. The Morgan fingerprint density at radius 1 is 1.00 bits per heavy atom. The van der Waals surface area contributed by atoms with Gasteiger partial charge in [0.2, 0.25) is 5.91 Å². The van der Waals surface area contributed by atoms with E-state index in [0.29, 0.717) is 5.56 Å². The van der Waals surface area contributed by atoms with Crippen molar-refractivity contribution in [3.05, 3.63) is 63.6 Å². The Kier molecular flexibility index (Phi) is 6.24. The molecule has 0 atom stereocenters. The molecule has 0 aliphatic rings. The summed E-state index contributed by atoms with van der Waals surface area (Å²) in [7, 11) is 0.